The lowest BCUT2D eigenvalue weighted by atomic mass is 10.0. The first-order chi connectivity index (χ1) is 8.01. The molecule has 17 heavy (non-hydrogen) atoms. The number of hydrogen-bond donors (Lipinski definition) is 3. The van der Waals surface area contributed by atoms with Crippen molar-refractivity contribution in [2.24, 2.45) is 0 Å². The van der Waals surface area contributed by atoms with E-state index in [0.29, 0.717) is 0 Å². The average molecular weight is 261 g/mol. The van der Waals surface area contributed by atoms with Crippen LogP contribution in [0.3, 0.4) is 0 Å². The molecule has 2 atom stereocenters. The second kappa shape index (κ2) is 5.86. The summed E-state index contributed by atoms with van der Waals surface area (Å²) >= 11 is 5.39. The van der Waals surface area contributed by atoms with Crippen molar-refractivity contribution < 1.29 is 24.9 Å². The van der Waals surface area contributed by atoms with Crippen LogP contribution in [0, 0.1) is 0 Å². The van der Waals surface area contributed by atoms with Gasteiger partial charge in [-0.25, -0.2) is 4.79 Å². The summed E-state index contributed by atoms with van der Waals surface area (Å²) in [4.78, 5) is 11.2. The van der Waals surface area contributed by atoms with Crippen molar-refractivity contribution in [1.29, 1.82) is 0 Å². The van der Waals surface area contributed by atoms with Crippen molar-refractivity contribution in [2.45, 2.75) is 12.2 Å². The van der Waals surface area contributed by atoms with Gasteiger partial charge < -0.3 is 20.1 Å². The molecule has 0 heterocycles. The number of methoxy groups -OCH3 is 1. The van der Waals surface area contributed by atoms with Gasteiger partial charge in [0, 0.05) is 5.56 Å². The number of halogens is 1. The summed E-state index contributed by atoms with van der Waals surface area (Å²) in [5.74, 6) is -1.07. The number of phenolic OH excluding ortho intramolecular Hbond substituents is 1. The second-order valence-electron chi connectivity index (χ2n) is 3.43. The molecule has 5 nitrogen and oxygen atoms in total. The molecule has 3 N–H and O–H groups in total. The van der Waals surface area contributed by atoms with E-state index in [2.05, 4.69) is 4.74 Å². The minimum absolute atomic E-state index is 0.103. The number of aromatic hydroxyl groups is 1. The quantitative estimate of drug-likeness (QED) is 0.551. The van der Waals surface area contributed by atoms with Gasteiger partial charge in [-0.15, -0.1) is 11.6 Å². The molecule has 0 bridgehead atoms. The summed E-state index contributed by atoms with van der Waals surface area (Å²) in [6.07, 6.45) is -2.49. The number of aliphatic hydroxyl groups is 2. The van der Waals surface area contributed by atoms with E-state index >= 15 is 0 Å². The molecule has 2 unspecified atom stereocenters. The van der Waals surface area contributed by atoms with Gasteiger partial charge >= 0.3 is 5.97 Å². The molecule has 1 rings (SSSR count). The van der Waals surface area contributed by atoms with Crippen LogP contribution in [0.15, 0.2) is 18.2 Å². The molecule has 1 aromatic carbocycles. The summed E-state index contributed by atoms with van der Waals surface area (Å²) in [7, 11) is 1.22. The molecule has 0 aliphatic carbocycles. The first-order valence-electron chi connectivity index (χ1n) is 4.84. The molecule has 0 aliphatic rings. The van der Waals surface area contributed by atoms with E-state index in [1.54, 1.807) is 0 Å². The largest absolute Gasteiger partial charge is 0.508 e. The Labute approximate surface area is 103 Å². The Morgan fingerprint density at radius 2 is 2.12 bits per heavy atom. The van der Waals surface area contributed by atoms with Crippen molar-refractivity contribution in [3.05, 3.63) is 29.3 Å². The molecule has 0 spiro atoms. The van der Waals surface area contributed by atoms with Crippen LogP contribution in [0.4, 0.5) is 0 Å². The number of hydrogen-bond acceptors (Lipinski definition) is 5. The first-order valence-corrected chi connectivity index (χ1v) is 5.38. The van der Waals surface area contributed by atoms with E-state index in [4.69, 9.17) is 11.6 Å². The van der Waals surface area contributed by atoms with E-state index in [1.165, 1.54) is 19.2 Å². The van der Waals surface area contributed by atoms with Crippen LogP contribution in [-0.4, -0.2) is 40.4 Å². The maximum Gasteiger partial charge on any atom is 0.337 e. The van der Waals surface area contributed by atoms with Crippen LogP contribution in [0.5, 0.6) is 5.75 Å². The molecule has 0 aliphatic heterocycles. The number of esters is 1. The zero-order valence-corrected chi connectivity index (χ0v) is 9.89. The minimum Gasteiger partial charge on any atom is -0.508 e. The number of alkyl halides is 1. The van der Waals surface area contributed by atoms with E-state index < -0.39 is 18.2 Å². The Bertz CT molecular complexity index is 407. The topological polar surface area (TPSA) is 87.0 Å². The van der Waals surface area contributed by atoms with Crippen molar-refractivity contribution >= 4 is 17.6 Å². The highest BCUT2D eigenvalue weighted by molar-refractivity contribution is 6.18. The molecule has 94 valence electrons. The Kier molecular flexibility index (Phi) is 4.74. The summed E-state index contributed by atoms with van der Waals surface area (Å²) in [6.45, 7) is 0. The second-order valence-corrected chi connectivity index (χ2v) is 3.74. The Morgan fingerprint density at radius 3 is 2.59 bits per heavy atom. The number of phenols is 1. The van der Waals surface area contributed by atoms with Crippen molar-refractivity contribution in [3.8, 4) is 5.75 Å². The predicted octanol–water partition coefficient (Wildman–Crippen LogP) is 0.812. The molecule has 0 radical (unpaired) electrons. The van der Waals surface area contributed by atoms with Crippen LogP contribution >= 0.6 is 11.6 Å². The molecular formula is C11H13ClO5. The lowest BCUT2D eigenvalue weighted by Gasteiger charge is -2.17. The van der Waals surface area contributed by atoms with Gasteiger partial charge in [0.25, 0.3) is 0 Å². The maximum atomic E-state index is 11.2. The van der Waals surface area contributed by atoms with E-state index in [-0.39, 0.29) is 22.8 Å². The fourth-order valence-corrected chi connectivity index (χ4v) is 1.50. The highest BCUT2D eigenvalue weighted by atomic mass is 35.5. The summed E-state index contributed by atoms with van der Waals surface area (Å²) in [5, 5.41) is 28.6. The van der Waals surface area contributed by atoms with Crippen molar-refractivity contribution in [3.63, 3.8) is 0 Å². The average Bonchev–Trinajstić information content (AvgIpc) is 2.35. The fraction of sp³-hybridized carbons (Fsp3) is 0.364. The Hall–Kier alpha value is -1.30. The minimum atomic E-state index is -1.31. The lowest BCUT2D eigenvalue weighted by molar-refractivity contribution is 0.0312. The van der Waals surface area contributed by atoms with Gasteiger partial charge in [0.1, 0.15) is 11.9 Å². The molecule has 0 saturated carbocycles. The number of aliphatic hydroxyl groups excluding tert-OH is 2. The van der Waals surface area contributed by atoms with Gasteiger partial charge in [-0.1, -0.05) is 6.07 Å². The highest BCUT2D eigenvalue weighted by Crippen LogP contribution is 2.28. The van der Waals surface area contributed by atoms with Gasteiger partial charge in [-0.2, -0.15) is 0 Å². The third kappa shape index (κ3) is 3.09. The summed E-state index contributed by atoms with van der Waals surface area (Å²) in [5.41, 5.74) is 0.257. The zero-order chi connectivity index (χ0) is 13.0. The van der Waals surface area contributed by atoms with Gasteiger partial charge in [-0.05, 0) is 12.1 Å². The number of rotatable bonds is 4. The first kappa shape index (κ1) is 13.8. The predicted molar refractivity (Wildman–Crippen MR) is 61.1 cm³/mol. The number of benzene rings is 1. The molecule has 6 heteroatoms. The summed E-state index contributed by atoms with van der Waals surface area (Å²) < 4.78 is 4.48. The normalized spacial score (nSPS) is 14.1. The van der Waals surface area contributed by atoms with Crippen LogP contribution in [0.25, 0.3) is 0 Å². The van der Waals surface area contributed by atoms with Gasteiger partial charge in [-0.3, -0.25) is 0 Å². The standard InChI is InChI=1S/C11H13ClO5/c1-17-11(16)6-2-3-7(8(13)4-6)10(15)9(14)5-12/h2-4,9-10,13-15H,5H2,1H3. The highest BCUT2D eigenvalue weighted by Gasteiger charge is 2.21. The maximum absolute atomic E-state index is 11.2. The van der Waals surface area contributed by atoms with Gasteiger partial charge in [0.05, 0.1) is 24.7 Å². The molecule has 0 amide bonds. The number of ether oxygens (including phenoxy) is 1. The van der Waals surface area contributed by atoms with Crippen molar-refractivity contribution in [1.82, 2.24) is 0 Å². The van der Waals surface area contributed by atoms with E-state index in [9.17, 15) is 20.1 Å². The van der Waals surface area contributed by atoms with Crippen LogP contribution < -0.4 is 0 Å². The van der Waals surface area contributed by atoms with Crippen LogP contribution in [0.1, 0.15) is 22.0 Å². The number of carbonyl (C=O) groups is 1. The summed E-state index contributed by atoms with van der Waals surface area (Å²) in [6, 6.07) is 3.87. The monoisotopic (exact) mass is 260 g/mol. The fourth-order valence-electron chi connectivity index (χ4n) is 1.33. The van der Waals surface area contributed by atoms with Crippen molar-refractivity contribution in [2.75, 3.05) is 13.0 Å². The Morgan fingerprint density at radius 1 is 1.47 bits per heavy atom. The van der Waals surface area contributed by atoms with Crippen LogP contribution in [0.2, 0.25) is 0 Å². The molecule has 1 aromatic rings. The van der Waals surface area contributed by atoms with Gasteiger partial charge in [0.2, 0.25) is 0 Å². The zero-order valence-electron chi connectivity index (χ0n) is 9.13. The third-order valence-corrected chi connectivity index (χ3v) is 2.61. The van der Waals surface area contributed by atoms with Gasteiger partial charge in [0.15, 0.2) is 0 Å². The lowest BCUT2D eigenvalue weighted by Crippen LogP contribution is -2.19. The third-order valence-electron chi connectivity index (χ3n) is 2.29. The van der Waals surface area contributed by atoms with Crippen LogP contribution in [-0.2, 0) is 4.74 Å². The number of carbonyl (C=O) groups excluding carboxylic acids is 1. The Balaban J connectivity index is 3.01. The molecule has 0 fully saturated rings. The SMILES string of the molecule is COC(=O)c1ccc(C(O)C(O)CCl)c(O)c1. The smallest absolute Gasteiger partial charge is 0.337 e. The molecular weight excluding hydrogens is 248 g/mol. The molecule has 0 aromatic heterocycles. The molecule has 0 saturated heterocycles. The van der Waals surface area contributed by atoms with E-state index in [1.807, 2.05) is 0 Å². The van der Waals surface area contributed by atoms with E-state index in [0.717, 1.165) is 6.07 Å².